The summed E-state index contributed by atoms with van der Waals surface area (Å²) in [4.78, 5) is 11.3. The molecule has 19 heavy (non-hydrogen) atoms. The van der Waals surface area contributed by atoms with Crippen LogP contribution in [-0.2, 0) is 0 Å². The van der Waals surface area contributed by atoms with Crippen LogP contribution in [0.5, 0.6) is 0 Å². The Morgan fingerprint density at radius 2 is 1.79 bits per heavy atom. The van der Waals surface area contributed by atoms with Crippen molar-refractivity contribution in [2.24, 2.45) is 0 Å². The highest BCUT2D eigenvalue weighted by molar-refractivity contribution is 5.99. The highest BCUT2D eigenvalue weighted by Gasteiger charge is 2.05. The molecule has 0 atom stereocenters. The molecule has 0 saturated carbocycles. The molecule has 0 aliphatic carbocycles. The lowest BCUT2D eigenvalue weighted by molar-refractivity contribution is 0.101. The number of hydrogen-bond donors (Lipinski definition) is 2. The van der Waals surface area contributed by atoms with Crippen molar-refractivity contribution < 1.29 is 4.79 Å². The van der Waals surface area contributed by atoms with Crippen molar-refractivity contribution in [3.8, 4) is 6.07 Å². The van der Waals surface area contributed by atoms with E-state index in [4.69, 9.17) is 11.0 Å². The molecule has 2 rings (SSSR count). The third-order valence-corrected chi connectivity index (χ3v) is 2.73. The van der Waals surface area contributed by atoms with Crippen molar-refractivity contribution >= 4 is 22.8 Å². The lowest BCUT2D eigenvalue weighted by Crippen LogP contribution is -2.00. The third kappa shape index (κ3) is 2.90. The number of nitrogens with two attached hydrogens (primary N) is 1. The van der Waals surface area contributed by atoms with Gasteiger partial charge in [-0.15, -0.1) is 0 Å². The van der Waals surface area contributed by atoms with E-state index in [1.54, 1.807) is 30.3 Å². The second-order valence-electron chi connectivity index (χ2n) is 4.17. The molecule has 2 aromatic carbocycles. The number of Topliss-reactive ketones (excluding diaryl/α,β-unsaturated/α-hetero) is 1. The maximum atomic E-state index is 11.3. The van der Waals surface area contributed by atoms with Crippen molar-refractivity contribution in [2.75, 3.05) is 11.1 Å². The molecule has 0 fully saturated rings. The van der Waals surface area contributed by atoms with Gasteiger partial charge in [0.05, 0.1) is 11.6 Å². The third-order valence-electron chi connectivity index (χ3n) is 2.73. The lowest BCUT2D eigenvalue weighted by Gasteiger charge is -2.09. The van der Waals surface area contributed by atoms with Gasteiger partial charge in [-0.25, -0.2) is 0 Å². The Labute approximate surface area is 111 Å². The maximum absolute atomic E-state index is 11.3. The quantitative estimate of drug-likeness (QED) is 0.649. The van der Waals surface area contributed by atoms with Gasteiger partial charge in [-0.1, -0.05) is 0 Å². The number of nitrogens with one attached hydrogen (secondary N) is 1. The van der Waals surface area contributed by atoms with Crippen LogP contribution >= 0.6 is 0 Å². The molecular weight excluding hydrogens is 238 g/mol. The van der Waals surface area contributed by atoms with Crippen LogP contribution in [0.15, 0.2) is 42.5 Å². The first-order valence-corrected chi connectivity index (χ1v) is 5.78. The maximum Gasteiger partial charge on any atom is 0.161 e. The predicted octanol–water partition coefficient (Wildman–Crippen LogP) is 3.09. The van der Waals surface area contributed by atoms with Gasteiger partial charge in [0.2, 0.25) is 0 Å². The number of carbonyl (C=O) groups is 1. The van der Waals surface area contributed by atoms with Crippen molar-refractivity contribution in [1.82, 2.24) is 0 Å². The fraction of sp³-hybridized carbons (Fsp3) is 0.0667. The smallest absolute Gasteiger partial charge is 0.161 e. The van der Waals surface area contributed by atoms with Crippen LogP contribution in [0.3, 0.4) is 0 Å². The van der Waals surface area contributed by atoms with Crippen LogP contribution in [0.2, 0.25) is 0 Å². The molecule has 4 heteroatoms. The topological polar surface area (TPSA) is 78.9 Å². The van der Waals surface area contributed by atoms with E-state index in [0.29, 0.717) is 16.8 Å². The van der Waals surface area contributed by atoms with Crippen LogP contribution in [0.4, 0.5) is 17.1 Å². The summed E-state index contributed by atoms with van der Waals surface area (Å²) in [6, 6.07) is 14.4. The van der Waals surface area contributed by atoms with Gasteiger partial charge < -0.3 is 11.1 Å². The van der Waals surface area contributed by atoms with Gasteiger partial charge in [0.1, 0.15) is 0 Å². The monoisotopic (exact) mass is 251 g/mol. The predicted molar refractivity (Wildman–Crippen MR) is 75.3 cm³/mol. The summed E-state index contributed by atoms with van der Waals surface area (Å²) in [6.07, 6.45) is 0. The number of hydrogen-bond acceptors (Lipinski definition) is 4. The van der Waals surface area contributed by atoms with E-state index in [2.05, 4.69) is 11.4 Å². The molecule has 0 amide bonds. The molecule has 0 aromatic heterocycles. The number of rotatable bonds is 3. The van der Waals surface area contributed by atoms with E-state index < -0.39 is 0 Å². The van der Waals surface area contributed by atoms with Crippen molar-refractivity contribution in [3.05, 3.63) is 53.6 Å². The minimum absolute atomic E-state index is 0.0533. The van der Waals surface area contributed by atoms with Crippen LogP contribution in [-0.4, -0.2) is 5.78 Å². The molecule has 0 spiro atoms. The summed E-state index contributed by atoms with van der Waals surface area (Å²) >= 11 is 0. The fourth-order valence-electron chi connectivity index (χ4n) is 1.76. The largest absolute Gasteiger partial charge is 0.398 e. The second kappa shape index (κ2) is 5.23. The van der Waals surface area contributed by atoms with Crippen LogP contribution in [0.25, 0.3) is 0 Å². The van der Waals surface area contributed by atoms with Crippen LogP contribution in [0, 0.1) is 11.3 Å². The summed E-state index contributed by atoms with van der Waals surface area (Å²) < 4.78 is 0. The molecule has 0 heterocycles. The van der Waals surface area contributed by atoms with Crippen molar-refractivity contribution in [1.29, 1.82) is 5.26 Å². The summed E-state index contributed by atoms with van der Waals surface area (Å²) in [5.41, 5.74) is 9.05. The Morgan fingerprint density at radius 3 is 2.32 bits per heavy atom. The zero-order valence-electron chi connectivity index (χ0n) is 10.5. The minimum Gasteiger partial charge on any atom is -0.398 e. The first-order chi connectivity index (χ1) is 9.10. The number of nitriles is 1. The lowest BCUT2D eigenvalue weighted by atomic mass is 10.1. The van der Waals surface area contributed by atoms with Crippen molar-refractivity contribution in [2.45, 2.75) is 6.92 Å². The Bertz CT molecular complexity index is 654. The molecule has 0 bridgehead atoms. The number of ketones is 1. The van der Waals surface area contributed by atoms with E-state index in [-0.39, 0.29) is 5.78 Å². The van der Waals surface area contributed by atoms with E-state index in [9.17, 15) is 4.79 Å². The average Bonchev–Trinajstić information content (AvgIpc) is 2.39. The van der Waals surface area contributed by atoms with Crippen LogP contribution in [0.1, 0.15) is 22.8 Å². The van der Waals surface area contributed by atoms with E-state index in [0.717, 1.165) is 11.4 Å². The van der Waals surface area contributed by atoms with Crippen LogP contribution < -0.4 is 11.1 Å². The van der Waals surface area contributed by atoms with Gasteiger partial charge in [-0.2, -0.15) is 5.26 Å². The van der Waals surface area contributed by atoms with Gasteiger partial charge in [-0.05, 0) is 49.4 Å². The molecule has 0 saturated heterocycles. The standard InChI is InChI=1S/C15H13N3O/c1-10(19)14-7-6-13(8-15(14)17)18-12-4-2-11(9-16)3-5-12/h2-8,18H,17H2,1H3. The molecule has 0 aliphatic rings. The Kier molecular flexibility index (Phi) is 3.48. The number of carbonyl (C=O) groups excluding carboxylic acids is 1. The Morgan fingerprint density at radius 1 is 1.16 bits per heavy atom. The molecule has 0 unspecified atom stereocenters. The van der Waals surface area contributed by atoms with Gasteiger partial charge in [0, 0.05) is 22.6 Å². The second-order valence-corrected chi connectivity index (χ2v) is 4.17. The summed E-state index contributed by atoms with van der Waals surface area (Å²) in [7, 11) is 0. The summed E-state index contributed by atoms with van der Waals surface area (Å²) in [5.74, 6) is -0.0533. The zero-order valence-corrected chi connectivity index (χ0v) is 10.5. The molecule has 2 aromatic rings. The Hall–Kier alpha value is -2.80. The number of benzene rings is 2. The van der Waals surface area contributed by atoms with Gasteiger partial charge in [0.25, 0.3) is 0 Å². The van der Waals surface area contributed by atoms with E-state index in [1.165, 1.54) is 6.92 Å². The molecule has 0 radical (unpaired) electrons. The average molecular weight is 251 g/mol. The molecular formula is C15H13N3O. The SMILES string of the molecule is CC(=O)c1ccc(Nc2ccc(C#N)cc2)cc1N. The normalized spacial score (nSPS) is 9.68. The number of nitrogen functional groups attached to an aromatic ring is 1. The van der Waals surface area contributed by atoms with E-state index in [1.807, 2.05) is 12.1 Å². The zero-order chi connectivity index (χ0) is 13.8. The van der Waals surface area contributed by atoms with Gasteiger partial charge in [-0.3, -0.25) is 4.79 Å². The van der Waals surface area contributed by atoms with Gasteiger partial charge >= 0.3 is 0 Å². The van der Waals surface area contributed by atoms with Gasteiger partial charge in [0.15, 0.2) is 5.78 Å². The minimum atomic E-state index is -0.0533. The summed E-state index contributed by atoms with van der Waals surface area (Å²) in [5, 5.41) is 11.9. The number of anilines is 3. The fourth-order valence-corrected chi connectivity index (χ4v) is 1.76. The highest BCUT2D eigenvalue weighted by atomic mass is 16.1. The highest BCUT2D eigenvalue weighted by Crippen LogP contribution is 2.22. The first kappa shape index (κ1) is 12.7. The molecule has 4 nitrogen and oxygen atoms in total. The molecule has 94 valence electrons. The van der Waals surface area contributed by atoms with Crippen molar-refractivity contribution in [3.63, 3.8) is 0 Å². The Balaban J connectivity index is 2.21. The van der Waals surface area contributed by atoms with E-state index >= 15 is 0 Å². The first-order valence-electron chi connectivity index (χ1n) is 5.78. The number of nitrogens with zero attached hydrogens (tertiary/aromatic N) is 1. The molecule has 0 aliphatic heterocycles. The molecule has 3 N–H and O–H groups in total. The summed E-state index contributed by atoms with van der Waals surface area (Å²) in [6.45, 7) is 1.49.